The molecule has 1 aliphatic heterocycles. The van der Waals surface area contributed by atoms with Gasteiger partial charge in [-0.3, -0.25) is 10.1 Å². The van der Waals surface area contributed by atoms with Gasteiger partial charge in [-0.1, -0.05) is 13.8 Å². The zero-order valence-electron chi connectivity index (χ0n) is 22.1. The lowest BCUT2D eigenvalue weighted by atomic mass is 9.96. The van der Waals surface area contributed by atoms with E-state index in [1.165, 1.54) is 26.0 Å². The second kappa shape index (κ2) is 12.9. The van der Waals surface area contributed by atoms with Gasteiger partial charge >= 0.3 is 18.2 Å². The number of nitrogens with zero attached hydrogens (tertiary/aromatic N) is 1. The Morgan fingerprint density at radius 3 is 1.94 bits per heavy atom. The van der Waals surface area contributed by atoms with Gasteiger partial charge in [-0.05, 0) is 53.9 Å². The van der Waals surface area contributed by atoms with Crippen molar-refractivity contribution in [1.29, 1.82) is 0 Å². The Labute approximate surface area is 207 Å². The van der Waals surface area contributed by atoms with Crippen molar-refractivity contribution in [3.05, 3.63) is 0 Å². The Bertz CT molecular complexity index is 661. The fourth-order valence-electron chi connectivity index (χ4n) is 3.30. The van der Waals surface area contributed by atoms with Gasteiger partial charge in [0.05, 0.1) is 24.6 Å². The van der Waals surface area contributed by atoms with E-state index in [2.05, 4.69) is 5.32 Å². The van der Waals surface area contributed by atoms with Gasteiger partial charge in [0.25, 0.3) is 0 Å². The lowest BCUT2D eigenvalue weighted by Gasteiger charge is -2.37. The van der Waals surface area contributed by atoms with E-state index in [1.807, 2.05) is 13.8 Å². The Balaban J connectivity index is 3.25. The molecule has 2 amide bonds. The number of ether oxygens (including phenoxy) is 5. The zero-order chi connectivity index (χ0) is 26.3. The van der Waals surface area contributed by atoms with Crippen LogP contribution in [0.3, 0.4) is 0 Å². The van der Waals surface area contributed by atoms with Gasteiger partial charge in [-0.25, -0.2) is 14.5 Å². The van der Waals surface area contributed by atoms with Crippen LogP contribution in [0, 0.1) is 5.92 Å². The second-order valence-corrected chi connectivity index (χ2v) is 11.7. The fraction of sp³-hybridized carbons (Fsp3) is 0.870. The highest BCUT2D eigenvalue weighted by Gasteiger charge is 2.42. The average Bonchev–Trinajstić information content (AvgIpc) is 3.16. The van der Waals surface area contributed by atoms with Crippen LogP contribution in [0.1, 0.15) is 61.8 Å². The van der Waals surface area contributed by atoms with Crippen molar-refractivity contribution in [2.75, 3.05) is 26.8 Å². The van der Waals surface area contributed by atoms with Crippen molar-refractivity contribution in [2.24, 2.45) is 5.92 Å². The molecule has 1 N–H and O–H groups in total. The largest absolute Gasteiger partial charge is 0.468 e. The average molecular weight is 507 g/mol. The van der Waals surface area contributed by atoms with Gasteiger partial charge in [0.1, 0.15) is 24.0 Å². The van der Waals surface area contributed by atoms with Crippen molar-refractivity contribution in [2.45, 2.75) is 96.6 Å². The maximum Gasteiger partial charge on any atom is 0.420 e. The molecular formula is C23H42N2O8S. The minimum absolute atomic E-state index is 0.00991. The van der Waals surface area contributed by atoms with E-state index in [0.29, 0.717) is 5.75 Å². The molecule has 1 rings (SSSR count). The van der Waals surface area contributed by atoms with E-state index in [4.69, 9.17) is 23.7 Å². The summed E-state index contributed by atoms with van der Waals surface area (Å²) in [6.07, 6.45) is -1.78. The third-order valence-corrected chi connectivity index (χ3v) is 6.11. The van der Waals surface area contributed by atoms with Crippen molar-refractivity contribution in [3.63, 3.8) is 0 Å². The molecule has 0 bridgehead atoms. The number of carbonyl (C=O) groups excluding carboxylic acids is 3. The standard InChI is InChI=1S/C23H42N2O8S/c1-14(2)16(25(20(27)32-22(3,4)5)21(28)33-23(6,7)8)11-17(31-13-29-9)18-24-15(12-34-18)19(26)30-10/h14-18,24H,11-13H2,1-10H3/t15?,16-,17-,18?/m1/s1. The Hall–Kier alpha value is -1.56. The molecule has 0 spiro atoms. The number of imide groups is 1. The molecule has 1 saturated heterocycles. The van der Waals surface area contributed by atoms with Crippen molar-refractivity contribution in [1.82, 2.24) is 10.2 Å². The van der Waals surface area contributed by atoms with E-state index >= 15 is 0 Å². The number of esters is 1. The fourth-order valence-corrected chi connectivity index (χ4v) is 4.60. The van der Waals surface area contributed by atoms with Crippen LogP contribution in [0.4, 0.5) is 9.59 Å². The number of rotatable bonds is 9. The lowest BCUT2D eigenvalue weighted by molar-refractivity contribution is -0.142. The van der Waals surface area contributed by atoms with Crippen molar-refractivity contribution < 1.29 is 38.1 Å². The Morgan fingerprint density at radius 1 is 1.00 bits per heavy atom. The van der Waals surface area contributed by atoms with Gasteiger partial charge in [0.15, 0.2) is 0 Å². The highest BCUT2D eigenvalue weighted by molar-refractivity contribution is 8.00. The number of carbonyl (C=O) groups is 3. The quantitative estimate of drug-likeness (QED) is 0.282. The molecule has 1 heterocycles. The molecule has 198 valence electrons. The van der Waals surface area contributed by atoms with Crippen LogP contribution in [0.5, 0.6) is 0 Å². The van der Waals surface area contributed by atoms with Gasteiger partial charge < -0.3 is 23.7 Å². The van der Waals surface area contributed by atoms with Gasteiger partial charge in [0, 0.05) is 12.9 Å². The normalized spacial score (nSPS) is 20.6. The van der Waals surface area contributed by atoms with Gasteiger partial charge in [-0.2, -0.15) is 0 Å². The molecule has 4 atom stereocenters. The van der Waals surface area contributed by atoms with Crippen LogP contribution in [-0.4, -0.2) is 84.6 Å². The van der Waals surface area contributed by atoms with E-state index in [1.54, 1.807) is 41.5 Å². The first-order valence-corrected chi connectivity index (χ1v) is 12.5. The number of methoxy groups -OCH3 is 2. The van der Waals surface area contributed by atoms with Crippen LogP contribution in [0.2, 0.25) is 0 Å². The number of amides is 2. The van der Waals surface area contributed by atoms with Crippen molar-refractivity contribution >= 4 is 29.9 Å². The highest BCUT2D eigenvalue weighted by Crippen LogP contribution is 2.30. The van der Waals surface area contributed by atoms with Crippen LogP contribution in [0.15, 0.2) is 0 Å². The van der Waals surface area contributed by atoms with E-state index in [9.17, 15) is 14.4 Å². The van der Waals surface area contributed by atoms with Gasteiger partial charge in [0.2, 0.25) is 0 Å². The summed E-state index contributed by atoms with van der Waals surface area (Å²) in [7, 11) is 2.85. The van der Waals surface area contributed by atoms with Crippen LogP contribution in [-0.2, 0) is 28.5 Å². The molecule has 0 aromatic carbocycles. The molecule has 10 nitrogen and oxygen atoms in total. The first-order chi connectivity index (χ1) is 15.6. The Morgan fingerprint density at radius 2 is 1.53 bits per heavy atom. The zero-order valence-corrected chi connectivity index (χ0v) is 22.9. The number of nitrogens with one attached hydrogen (secondary N) is 1. The summed E-state index contributed by atoms with van der Waals surface area (Å²) in [6, 6.07) is -1.08. The number of hydrogen-bond acceptors (Lipinski definition) is 10. The smallest absolute Gasteiger partial charge is 0.420 e. The van der Waals surface area contributed by atoms with E-state index < -0.39 is 41.6 Å². The third-order valence-electron chi connectivity index (χ3n) is 4.79. The van der Waals surface area contributed by atoms with Crippen LogP contribution >= 0.6 is 11.8 Å². The molecule has 0 saturated carbocycles. The van der Waals surface area contributed by atoms with Crippen LogP contribution in [0.25, 0.3) is 0 Å². The van der Waals surface area contributed by atoms with Gasteiger partial charge in [-0.15, -0.1) is 11.8 Å². The van der Waals surface area contributed by atoms with Crippen LogP contribution < -0.4 is 5.32 Å². The predicted molar refractivity (Wildman–Crippen MR) is 129 cm³/mol. The monoisotopic (exact) mass is 506 g/mol. The first-order valence-electron chi connectivity index (χ1n) is 11.4. The molecular weight excluding hydrogens is 464 g/mol. The number of thioether (sulfide) groups is 1. The van der Waals surface area contributed by atoms with Crippen molar-refractivity contribution in [3.8, 4) is 0 Å². The lowest BCUT2D eigenvalue weighted by Crippen LogP contribution is -2.53. The summed E-state index contributed by atoms with van der Waals surface area (Å²) in [5.74, 6) is 0.0137. The topological polar surface area (TPSA) is 113 Å². The molecule has 0 aliphatic carbocycles. The first kappa shape index (κ1) is 30.5. The predicted octanol–water partition coefficient (Wildman–Crippen LogP) is 3.77. The SMILES string of the molecule is COCO[C@H](C[C@H](C(C)C)N(C(=O)OC(C)(C)C)C(=O)OC(C)(C)C)C1NC(C(=O)OC)CS1. The summed E-state index contributed by atoms with van der Waals surface area (Å²) in [5, 5.41) is 2.95. The summed E-state index contributed by atoms with van der Waals surface area (Å²) < 4.78 is 27.0. The summed E-state index contributed by atoms with van der Waals surface area (Å²) in [5.41, 5.74) is -1.61. The molecule has 2 unspecified atom stereocenters. The number of hydrogen-bond donors (Lipinski definition) is 1. The van der Waals surface area contributed by atoms with E-state index in [0.717, 1.165) is 4.90 Å². The molecule has 1 fully saturated rings. The second-order valence-electron chi connectivity index (χ2n) is 10.5. The molecule has 34 heavy (non-hydrogen) atoms. The molecule has 0 aromatic heterocycles. The third kappa shape index (κ3) is 9.97. The Kier molecular flexibility index (Phi) is 11.6. The molecule has 1 aliphatic rings. The highest BCUT2D eigenvalue weighted by atomic mass is 32.2. The summed E-state index contributed by atoms with van der Waals surface area (Å²) in [4.78, 5) is 39.4. The molecule has 0 aromatic rings. The minimum Gasteiger partial charge on any atom is -0.468 e. The molecule has 11 heteroatoms. The van der Waals surface area contributed by atoms with E-state index in [-0.39, 0.29) is 30.5 Å². The molecule has 0 radical (unpaired) electrons. The maximum atomic E-state index is 13.2. The minimum atomic E-state index is -0.804. The maximum absolute atomic E-state index is 13.2. The summed E-state index contributed by atoms with van der Waals surface area (Å²) in [6.45, 7) is 14.2. The summed E-state index contributed by atoms with van der Waals surface area (Å²) >= 11 is 1.51.